The van der Waals surface area contributed by atoms with Gasteiger partial charge in [-0.2, -0.15) is 0 Å². The highest BCUT2D eigenvalue weighted by atomic mass is 79.9. The van der Waals surface area contributed by atoms with Crippen LogP contribution in [0.15, 0.2) is 15.9 Å². The van der Waals surface area contributed by atoms with Crippen LogP contribution < -0.4 is 0 Å². The minimum Gasteiger partial charge on any atom is -0.481 e. The maximum atomic E-state index is 11.2. The van der Waals surface area contributed by atoms with Gasteiger partial charge >= 0.3 is 5.97 Å². The number of aliphatic carboxylic acids is 1. The van der Waals surface area contributed by atoms with Crippen LogP contribution in [0.25, 0.3) is 0 Å². The van der Waals surface area contributed by atoms with Crippen molar-refractivity contribution in [3.63, 3.8) is 0 Å². The van der Waals surface area contributed by atoms with E-state index >= 15 is 0 Å². The molecule has 1 aromatic heterocycles. The second-order valence-corrected chi connectivity index (χ2v) is 6.24. The first-order valence-corrected chi connectivity index (χ1v) is 7.30. The fourth-order valence-electron chi connectivity index (χ4n) is 2.49. The fourth-order valence-corrected chi connectivity index (χ4v) is 4.09. The van der Waals surface area contributed by atoms with E-state index < -0.39 is 5.97 Å². The van der Waals surface area contributed by atoms with E-state index in [9.17, 15) is 9.90 Å². The Kier molecular flexibility index (Phi) is 4.03. The molecule has 0 radical (unpaired) electrons. The summed E-state index contributed by atoms with van der Waals surface area (Å²) in [4.78, 5) is 12.5. The zero-order valence-electron chi connectivity index (χ0n) is 8.99. The number of rotatable bonds is 3. The molecule has 1 aromatic rings. The van der Waals surface area contributed by atoms with Crippen LogP contribution in [0.3, 0.4) is 0 Å². The third-order valence-electron chi connectivity index (χ3n) is 3.36. The quantitative estimate of drug-likeness (QED) is 0.918. The molecule has 1 aliphatic rings. The molecule has 0 amide bonds. The zero-order valence-corrected chi connectivity index (χ0v) is 11.4. The molecule has 2 atom stereocenters. The standard InChI is InChI=1S/C12H15BrO2S/c13-10-5-6-16-11(10)7-8-3-1-2-4-9(8)12(14)15/h5-6,8-9H,1-4,7H2,(H,14,15). The van der Waals surface area contributed by atoms with E-state index in [0.29, 0.717) is 5.92 Å². The second-order valence-electron chi connectivity index (χ2n) is 4.39. The van der Waals surface area contributed by atoms with Crippen molar-refractivity contribution in [3.05, 3.63) is 20.8 Å². The summed E-state index contributed by atoms with van der Waals surface area (Å²) in [6, 6.07) is 2.04. The molecule has 2 nitrogen and oxygen atoms in total. The van der Waals surface area contributed by atoms with Crippen molar-refractivity contribution in [1.82, 2.24) is 0 Å². The van der Waals surface area contributed by atoms with Gasteiger partial charge in [-0.25, -0.2) is 0 Å². The molecule has 1 aliphatic carbocycles. The molecule has 1 N–H and O–H groups in total. The molecule has 1 saturated carbocycles. The Balaban J connectivity index is 2.07. The van der Waals surface area contributed by atoms with Gasteiger partial charge in [-0.1, -0.05) is 12.8 Å². The maximum Gasteiger partial charge on any atom is 0.306 e. The van der Waals surface area contributed by atoms with Gasteiger partial charge in [0.25, 0.3) is 0 Å². The number of hydrogen-bond donors (Lipinski definition) is 1. The molecule has 0 saturated heterocycles. The van der Waals surface area contributed by atoms with E-state index in [1.807, 2.05) is 6.07 Å². The highest BCUT2D eigenvalue weighted by molar-refractivity contribution is 9.10. The lowest BCUT2D eigenvalue weighted by molar-refractivity contribution is -0.144. The van der Waals surface area contributed by atoms with Gasteiger partial charge in [0.15, 0.2) is 0 Å². The maximum absolute atomic E-state index is 11.2. The third-order valence-corrected chi connectivity index (χ3v) is 5.31. The summed E-state index contributed by atoms with van der Waals surface area (Å²) in [5.74, 6) is -0.429. The van der Waals surface area contributed by atoms with Crippen molar-refractivity contribution in [1.29, 1.82) is 0 Å². The first-order valence-electron chi connectivity index (χ1n) is 5.63. The number of hydrogen-bond acceptors (Lipinski definition) is 2. The number of carbonyl (C=O) groups is 1. The lowest BCUT2D eigenvalue weighted by Gasteiger charge is -2.28. The van der Waals surface area contributed by atoms with Gasteiger partial charge in [0.05, 0.1) is 5.92 Å². The summed E-state index contributed by atoms with van der Waals surface area (Å²) < 4.78 is 1.13. The van der Waals surface area contributed by atoms with Gasteiger partial charge in [-0.05, 0) is 52.6 Å². The van der Waals surface area contributed by atoms with Crippen molar-refractivity contribution in [2.45, 2.75) is 32.1 Å². The van der Waals surface area contributed by atoms with E-state index in [0.717, 1.165) is 30.2 Å². The number of halogens is 1. The number of thiophene rings is 1. The van der Waals surface area contributed by atoms with E-state index in [1.54, 1.807) is 11.3 Å². The summed E-state index contributed by atoms with van der Waals surface area (Å²) in [5, 5.41) is 11.3. The lowest BCUT2D eigenvalue weighted by atomic mass is 9.77. The van der Waals surface area contributed by atoms with Crippen molar-refractivity contribution >= 4 is 33.2 Å². The molecular weight excluding hydrogens is 288 g/mol. The summed E-state index contributed by atoms with van der Waals surface area (Å²) in [6.45, 7) is 0. The molecule has 1 heterocycles. The van der Waals surface area contributed by atoms with Crippen LogP contribution in [0.4, 0.5) is 0 Å². The van der Waals surface area contributed by atoms with Crippen molar-refractivity contribution < 1.29 is 9.90 Å². The number of carboxylic acid groups (broad SMARTS) is 1. The van der Waals surface area contributed by atoms with E-state index in [-0.39, 0.29) is 5.92 Å². The molecule has 4 heteroatoms. The molecule has 2 rings (SSSR count). The predicted octanol–water partition coefficient (Wildman–Crippen LogP) is 3.94. The van der Waals surface area contributed by atoms with E-state index in [1.165, 1.54) is 11.3 Å². The smallest absolute Gasteiger partial charge is 0.306 e. The Morgan fingerprint density at radius 2 is 2.25 bits per heavy atom. The first-order chi connectivity index (χ1) is 7.68. The average Bonchev–Trinajstić information content (AvgIpc) is 2.65. The van der Waals surface area contributed by atoms with Gasteiger partial charge in [0, 0.05) is 9.35 Å². The van der Waals surface area contributed by atoms with Gasteiger partial charge in [0.2, 0.25) is 0 Å². The van der Waals surface area contributed by atoms with Gasteiger partial charge < -0.3 is 5.11 Å². The Hall–Kier alpha value is -0.350. The minimum atomic E-state index is -0.614. The molecule has 0 aliphatic heterocycles. The normalized spacial score (nSPS) is 25.6. The first kappa shape index (κ1) is 12.1. The van der Waals surface area contributed by atoms with Crippen LogP contribution in [0.1, 0.15) is 30.6 Å². The number of carboxylic acids is 1. The summed E-state index contributed by atoms with van der Waals surface area (Å²) in [7, 11) is 0. The third kappa shape index (κ3) is 2.66. The molecule has 0 aromatic carbocycles. The average molecular weight is 303 g/mol. The summed E-state index contributed by atoms with van der Waals surface area (Å²) >= 11 is 5.23. The van der Waals surface area contributed by atoms with Crippen molar-refractivity contribution in [2.75, 3.05) is 0 Å². The largest absolute Gasteiger partial charge is 0.481 e. The topological polar surface area (TPSA) is 37.3 Å². The molecule has 0 spiro atoms. The van der Waals surface area contributed by atoms with Crippen LogP contribution in [0, 0.1) is 11.8 Å². The van der Waals surface area contributed by atoms with Crippen LogP contribution in [-0.4, -0.2) is 11.1 Å². The predicted molar refractivity (Wildman–Crippen MR) is 68.8 cm³/mol. The van der Waals surface area contributed by atoms with Crippen molar-refractivity contribution in [3.8, 4) is 0 Å². The lowest BCUT2D eigenvalue weighted by Crippen LogP contribution is -2.28. The van der Waals surface area contributed by atoms with Crippen LogP contribution in [0.2, 0.25) is 0 Å². The monoisotopic (exact) mass is 302 g/mol. The Bertz CT molecular complexity index is 375. The van der Waals surface area contributed by atoms with Crippen LogP contribution in [0.5, 0.6) is 0 Å². The summed E-state index contributed by atoms with van der Waals surface area (Å²) in [6.07, 6.45) is 5.07. The Morgan fingerprint density at radius 1 is 1.50 bits per heavy atom. The molecular formula is C12H15BrO2S. The molecule has 1 fully saturated rings. The van der Waals surface area contributed by atoms with E-state index in [4.69, 9.17) is 0 Å². The van der Waals surface area contributed by atoms with Gasteiger partial charge in [-0.3, -0.25) is 4.79 Å². The second kappa shape index (κ2) is 5.32. The molecule has 0 bridgehead atoms. The zero-order chi connectivity index (χ0) is 11.5. The molecule has 16 heavy (non-hydrogen) atoms. The van der Waals surface area contributed by atoms with Crippen LogP contribution >= 0.6 is 27.3 Å². The van der Waals surface area contributed by atoms with Gasteiger partial charge in [-0.15, -0.1) is 11.3 Å². The highest BCUT2D eigenvalue weighted by Crippen LogP contribution is 2.35. The van der Waals surface area contributed by atoms with E-state index in [2.05, 4.69) is 21.3 Å². The molecule has 88 valence electrons. The Labute approximate surface area is 108 Å². The fraction of sp³-hybridized carbons (Fsp3) is 0.583. The van der Waals surface area contributed by atoms with Gasteiger partial charge in [0.1, 0.15) is 0 Å². The molecule has 2 unspecified atom stereocenters. The Morgan fingerprint density at radius 3 is 2.88 bits per heavy atom. The highest BCUT2D eigenvalue weighted by Gasteiger charge is 2.31. The van der Waals surface area contributed by atoms with Crippen LogP contribution in [-0.2, 0) is 11.2 Å². The minimum absolute atomic E-state index is 0.136. The van der Waals surface area contributed by atoms with Crippen molar-refractivity contribution in [2.24, 2.45) is 11.8 Å². The SMILES string of the molecule is O=C(O)C1CCCCC1Cc1sccc1Br. The summed E-state index contributed by atoms with van der Waals surface area (Å²) in [5.41, 5.74) is 0.